The minimum Gasteiger partial charge on any atom is -0.481 e. The summed E-state index contributed by atoms with van der Waals surface area (Å²) in [4.78, 5) is 22.8. The molecule has 0 aromatic heterocycles. The van der Waals surface area contributed by atoms with Gasteiger partial charge in [-0.15, -0.1) is 0 Å². The highest BCUT2D eigenvalue weighted by atomic mass is 16.5. The quantitative estimate of drug-likeness (QED) is 0.650. The standard InChI is InChI=1S/C14H20N2O4/c1-20-11(9-15)7-13(17)16-12(8-14(18)19)10-5-3-2-4-6-10/h2-6,11-12H,7-9,15H2,1H3,(H,16,17)(H,18,19). The molecule has 0 saturated carbocycles. The molecule has 0 saturated heterocycles. The third-order valence-electron chi connectivity index (χ3n) is 2.93. The maximum absolute atomic E-state index is 11.9. The number of carbonyl (C=O) groups is 2. The first-order valence-electron chi connectivity index (χ1n) is 6.35. The molecule has 2 atom stereocenters. The van der Waals surface area contributed by atoms with E-state index in [1.54, 1.807) is 24.3 Å². The van der Waals surface area contributed by atoms with Crippen LogP contribution in [0.25, 0.3) is 0 Å². The predicted molar refractivity (Wildman–Crippen MR) is 74.0 cm³/mol. The molecule has 0 aliphatic rings. The second-order valence-corrected chi connectivity index (χ2v) is 4.43. The van der Waals surface area contributed by atoms with E-state index in [2.05, 4.69) is 5.32 Å². The van der Waals surface area contributed by atoms with Gasteiger partial charge in [-0.3, -0.25) is 9.59 Å². The molecule has 0 aliphatic heterocycles. The van der Waals surface area contributed by atoms with E-state index in [9.17, 15) is 9.59 Å². The van der Waals surface area contributed by atoms with Gasteiger partial charge in [0.15, 0.2) is 0 Å². The largest absolute Gasteiger partial charge is 0.481 e. The topological polar surface area (TPSA) is 102 Å². The van der Waals surface area contributed by atoms with Crippen LogP contribution in [0.2, 0.25) is 0 Å². The molecule has 6 heteroatoms. The van der Waals surface area contributed by atoms with Gasteiger partial charge in [-0.1, -0.05) is 30.3 Å². The summed E-state index contributed by atoms with van der Waals surface area (Å²) in [7, 11) is 1.48. The van der Waals surface area contributed by atoms with E-state index in [0.29, 0.717) is 0 Å². The van der Waals surface area contributed by atoms with Gasteiger partial charge in [-0.2, -0.15) is 0 Å². The van der Waals surface area contributed by atoms with Crippen molar-refractivity contribution >= 4 is 11.9 Å². The van der Waals surface area contributed by atoms with Gasteiger partial charge >= 0.3 is 5.97 Å². The Hall–Kier alpha value is -1.92. The van der Waals surface area contributed by atoms with Crippen molar-refractivity contribution < 1.29 is 19.4 Å². The van der Waals surface area contributed by atoms with Crippen molar-refractivity contribution in [3.63, 3.8) is 0 Å². The van der Waals surface area contributed by atoms with E-state index < -0.39 is 12.0 Å². The van der Waals surface area contributed by atoms with Crippen LogP contribution in [0.1, 0.15) is 24.4 Å². The number of carboxylic acids is 1. The molecule has 1 amide bonds. The maximum Gasteiger partial charge on any atom is 0.305 e. The van der Waals surface area contributed by atoms with Crippen LogP contribution in [-0.2, 0) is 14.3 Å². The molecule has 6 nitrogen and oxygen atoms in total. The van der Waals surface area contributed by atoms with Crippen LogP contribution < -0.4 is 11.1 Å². The van der Waals surface area contributed by atoms with E-state index in [4.69, 9.17) is 15.6 Å². The molecule has 0 fully saturated rings. The summed E-state index contributed by atoms with van der Waals surface area (Å²) < 4.78 is 5.04. The number of hydrogen-bond donors (Lipinski definition) is 3. The van der Waals surface area contributed by atoms with Crippen LogP contribution in [0.3, 0.4) is 0 Å². The number of carboxylic acid groups (broad SMARTS) is 1. The number of nitrogens with one attached hydrogen (secondary N) is 1. The molecule has 1 rings (SSSR count). The summed E-state index contributed by atoms with van der Waals surface area (Å²) in [5.74, 6) is -1.25. The summed E-state index contributed by atoms with van der Waals surface area (Å²) in [6.07, 6.45) is -0.428. The van der Waals surface area contributed by atoms with Crippen molar-refractivity contribution in [1.82, 2.24) is 5.32 Å². The Labute approximate surface area is 117 Å². The number of methoxy groups -OCH3 is 1. The van der Waals surface area contributed by atoms with Crippen LogP contribution >= 0.6 is 0 Å². The Morgan fingerprint density at radius 1 is 1.30 bits per heavy atom. The van der Waals surface area contributed by atoms with Crippen molar-refractivity contribution in [1.29, 1.82) is 0 Å². The molecule has 0 spiro atoms. The minimum absolute atomic E-state index is 0.107. The van der Waals surface area contributed by atoms with Gasteiger partial charge in [-0.25, -0.2) is 0 Å². The summed E-state index contributed by atoms with van der Waals surface area (Å²) in [5, 5.41) is 11.6. The highest BCUT2D eigenvalue weighted by Crippen LogP contribution is 2.16. The first-order chi connectivity index (χ1) is 9.56. The lowest BCUT2D eigenvalue weighted by Gasteiger charge is -2.19. The lowest BCUT2D eigenvalue weighted by molar-refractivity contribution is -0.137. The molecule has 2 unspecified atom stereocenters. The van der Waals surface area contributed by atoms with Gasteiger partial charge in [0, 0.05) is 13.7 Å². The normalized spacial score (nSPS) is 13.5. The van der Waals surface area contributed by atoms with E-state index >= 15 is 0 Å². The lowest BCUT2D eigenvalue weighted by atomic mass is 10.0. The van der Waals surface area contributed by atoms with Crippen LogP contribution in [-0.4, -0.2) is 36.7 Å². The molecular weight excluding hydrogens is 260 g/mol. The first-order valence-corrected chi connectivity index (χ1v) is 6.35. The number of carbonyl (C=O) groups excluding carboxylic acids is 1. The van der Waals surface area contributed by atoms with Crippen molar-refractivity contribution in [2.45, 2.75) is 25.0 Å². The maximum atomic E-state index is 11.9. The van der Waals surface area contributed by atoms with Gasteiger partial charge in [0.05, 0.1) is 25.0 Å². The summed E-state index contributed by atoms with van der Waals surface area (Å²) in [5.41, 5.74) is 6.21. The van der Waals surface area contributed by atoms with Crippen LogP contribution in [0.5, 0.6) is 0 Å². The molecule has 110 valence electrons. The Morgan fingerprint density at radius 2 is 1.95 bits per heavy atom. The van der Waals surface area contributed by atoms with E-state index in [0.717, 1.165) is 5.56 Å². The molecule has 1 aromatic carbocycles. The molecule has 0 radical (unpaired) electrons. The molecule has 0 heterocycles. The summed E-state index contributed by atoms with van der Waals surface area (Å²) >= 11 is 0. The second kappa shape index (κ2) is 8.29. The molecule has 0 bridgehead atoms. The summed E-state index contributed by atoms with van der Waals surface area (Å²) in [6, 6.07) is 8.44. The van der Waals surface area contributed by atoms with Crippen molar-refractivity contribution in [3.8, 4) is 0 Å². The molecule has 20 heavy (non-hydrogen) atoms. The molecular formula is C14H20N2O4. The number of benzene rings is 1. The lowest BCUT2D eigenvalue weighted by Crippen LogP contribution is -2.35. The van der Waals surface area contributed by atoms with E-state index in [1.165, 1.54) is 7.11 Å². The Balaban J connectivity index is 2.70. The number of ether oxygens (including phenoxy) is 1. The molecule has 1 aromatic rings. The van der Waals surface area contributed by atoms with Gasteiger partial charge in [-0.05, 0) is 5.56 Å². The van der Waals surface area contributed by atoms with E-state index in [-0.39, 0.29) is 31.4 Å². The number of hydrogen-bond acceptors (Lipinski definition) is 4. The number of amides is 1. The Morgan fingerprint density at radius 3 is 2.45 bits per heavy atom. The van der Waals surface area contributed by atoms with E-state index in [1.807, 2.05) is 6.07 Å². The fourth-order valence-corrected chi connectivity index (χ4v) is 1.84. The zero-order chi connectivity index (χ0) is 15.0. The zero-order valence-electron chi connectivity index (χ0n) is 11.4. The van der Waals surface area contributed by atoms with Gasteiger partial charge < -0.3 is 20.9 Å². The highest BCUT2D eigenvalue weighted by Gasteiger charge is 2.19. The number of aliphatic carboxylic acids is 1. The van der Waals surface area contributed by atoms with Gasteiger partial charge in [0.2, 0.25) is 5.91 Å². The highest BCUT2D eigenvalue weighted by molar-refractivity contribution is 5.78. The van der Waals surface area contributed by atoms with Crippen molar-refractivity contribution in [3.05, 3.63) is 35.9 Å². The van der Waals surface area contributed by atoms with Crippen LogP contribution in [0.4, 0.5) is 0 Å². The molecule has 0 aliphatic carbocycles. The fourth-order valence-electron chi connectivity index (χ4n) is 1.84. The smallest absolute Gasteiger partial charge is 0.305 e. The molecule has 4 N–H and O–H groups in total. The van der Waals surface area contributed by atoms with Crippen molar-refractivity contribution in [2.75, 3.05) is 13.7 Å². The second-order valence-electron chi connectivity index (χ2n) is 4.43. The zero-order valence-corrected chi connectivity index (χ0v) is 11.4. The minimum atomic E-state index is -0.971. The average Bonchev–Trinajstić information content (AvgIpc) is 2.44. The third kappa shape index (κ3) is 5.38. The monoisotopic (exact) mass is 280 g/mol. The Kier molecular flexibility index (Phi) is 6.69. The average molecular weight is 280 g/mol. The third-order valence-corrected chi connectivity index (χ3v) is 2.93. The fraction of sp³-hybridized carbons (Fsp3) is 0.429. The Bertz CT molecular complexity index is 432. The van der Waals surface area contributed by atoms with Crippen LogP contribution in [0, 0.1) is 0 Å². The first kappa shape index (κ1) is 16.1. The van der Waals surface area contributed by atoms with Gasteiger partial charge in [0.25, 0.3) is 0 Å². The van der Waals surface area contributed by atoms with Crippen molar-refractivity contribution in [2.24, 2.45) is 5.73 Å². The number of nitrogens with two attached hydrogens (primary N) is 1. The van der Waals surface area contributed by atoms with Crippen LogP contribution in [0.15, 0.2) is 30.3 Å². The predicted octanol–water partition coefficient (Wildman–Crippen LogP) is 0.682. The summed E-state index contributed by atoms with van der Waals surface area (Å²) in [6.45, 7) is 0.235. The number of rotatable bonds is 8. The SMILES string of the molecule is COC(CN)CC(=O)NC(CC(=O)O)c1ccccc1. The van der Waals surface area contributed by atoms with Gasteiger partial charge in [0.1, 0.15) is 0 Å².